The van der Waals surface area contributed by atoms with Crippen LogP contribution in [0.3, 0.4) is 0 Å². The van der Waals surface area contributed by atoms with Crippen LogP contribution in [0.2, 0.25) is 0 Å². The number of hydrogen-bond acceptors (Lipinski definition) is 2. The zero-order valence-corrected chi connectivity index (χ0v) is 11.0. The summed E-state index contributed by atoms with van der Waals surface area (Å²) in [6.45, 7) is 5.88. The molecule has 0 aliphatic carbocycles. The Hall–Kier alpha value is -1.03. The number of carbonyl (C=O) groups is 1. The molecule has 0 aromatic heterocycles. The number of nitrogens with zero attached hydrogens (tertiary/aromatic N) is 1. The number of carbonyl (C=O) groups excluding carboxylic acids is 1. The Morgan fingerprint density at radius 2 is 2.12 bits per heavy atom. The maximum Gasteiger partial charge on any atom is 0.236 e. The molecule has 2 atom stereocenters. The lowest BCUT2D eigenvalue weighted by Gasteiger charge is -2.28. The van der Waals surface area contributed by atoms with Crippen molar-refractivity contribution in [3.05, 3.63) is 35.6 Å². The zero-order valence-electron chi connectivity index (χ0n) is 10.2. The number of halogens is 1. The predicted molar refractivity (Wildman–Crippen MR) is 68.2 cm³/mol. The lowest BCUT2D eigenvalue weighted by Crippen LogP contribution is -2.36. The van der Waals surface area contributed by atoms with Gasteiger partial charge in [-0.3, -0.25) is 4.79 Å². The SMILES string of the molecule is CC(C)N1C(=O)[C@@H](C)S[C@@H]1c1cccc(F)c1. The molecule has 1 aliphatic rings. The molecule has 0 unspecified atom stereocenters. The van der Waals surface area contributed by atoms with Crippen LogP contribution in [-0.2, 0) is 4.79 Å². The highest BCUT2D eigenvalue weighted by Gasteiger charge is 2.39. The first kappa shape index (κ1) is 12.4. The average molecular weight is 253 g/mol. The van der Waals surface area contributed by atoms with Gasteiger partial charge in [0.05, 0.1) is 5.25 Å². The van der Waals surface area contributed by atoms with Crippen LogP contribution in [0.25, 0.3) is 0 Å². The number of thioether (sulfide) groups is 1. The lowest BCUT2D eigenvalue weighted by atomic mass is 10.1. The molecule has 1 aliphatic heterocycles. The second-order valence-corrected chi connectivity index (χ2v) is 5.95. The van der Waals surface area contributed by atoms with Crippen LogP contribution >= 0.6 is 11.8 Å². The molecule has 2 nitrogen and oxygen atoms in total. The average Bonchev–Trinajstić information content (AvgIpc) is 2.55. The zero-order chi connectivity index (χ0) is 12.6. The van der Waals surface area contributed by atoms with Gasteiger partial charge < -0.3 is 4.90 Å². The van der Waals surface area contributed by atoms with Gasteiger partial charge in [-0.25, -0.2) is 4.39 Å². The molecule has 0 bridgehead atoms. The number of benzene rings is 1. The van der Waals surface area contributed by atoms with Crippen LogP contribution in [0.1, 0.15) is 31.7 Å². The molecule has 1 heterocycles. The smallest absolute Gasteiger partial charge is 0.236 e. The largest absolute Gasteiger partial charge is 0.323 e. The van der Waals surface area contributed by atoms with Crippen molar-refractivity contribution >= 4 is 17.7 Å². The second-order valence-electron chi connectivity index (χ2n) is 4.52. The molecular weight excluding hydrogens is 237 g/mol. The fourth-order valence-corrected chi connectivity index (χ4v) is 3.47. The molecule has 92 valence electrons. The van der Waals surface area contributed by atoms with Gasteiger partial charge >= 0.3 is 0 Å². The quantitative estimate of drug-likeness (QED) is 0.806. The highest BCUT2D eigenvalue weighted by molar-refractivity contribution is 8.01. The summed E-state index contributed by atoms with van der Waals surface area (Å²) in [6, 6.07) is 6.64. The van der Waals surface area contributed by atoms with Crippen LogP contribution in [-0.4, -0.2) is 22.1 Å². The maximum atomic E-state index is 13.2. The minimum absolute atomic E-state index is 0.0503. The van der Waals surface area contributed by atoms with E-state index >= 15 is 0 Å². The molecule has 0 N–H and O–H groups in total. The summed E-state index contributed by atoms with van der Waals surface area (Å²) in [6.07, 6.45) is 0. The van der Waals surface area contributed by atoms with Crippen LogP contribution in [0.4, 0.5) is 4.39 Å². The van der Waals surface area contributed by atoms with E-state index in [9.17, 15) is 9.18 Å². The maximum absolute atomic E-state index is 13.2. The van der Waals surface area contributed by atoms with E-state index in [4.69, 9.17) is 0 Å². The van der Waals surface area contributed by atoms with Crippen molar-refractivity contribution in [3.63, 3.8) is 0 Å². The summed E-state index contributed by atoms with van der Waals surface area (Å²) < 4.78 is 13.2. The molecule has 1 amide bonds. The Bertz CT molecular complexity index is 435. The van der Waals surface area contributed by atoms with E-state index in [0.717, 1.165) is 5.56 Å². The van der Waals surface area contributed by atoms with Gasteiger partial charge in [0.2, 0.25) is 5.91 Å². The van der Waals surface area contributed by atoms with Crippen LogP contribution in [0.5, 0.6) is 0 Å². The highest BCUT2D eigenvalue weighted by atomic mass is 32.2. The molecule has 1 aromatic carbocycles. The summed E-state index contributed by atoms with van der Waals surface area (Å²) in [5.41, 5.74) is 0.862. The van der Waals surface area contributed by atoms with Gasteiger partial charge in [0.1, 0.15) is 11.2 Å². The van der Waals surface area contributed by atoms with Gasteiger partial charge in [-0.15, -0.1) is 11.8 Å². The topological polar surface area (TPSA) is 20.3 Å². The van der Waals surface area contributed by atoms with Crippen molar-refractivity contribution in [2.45, 2.75) is 37.4 Å². The third kappa shape index (κ3) is 2.32. The highest BCUT2D eigenvalue weighted by Crippen LogP contribution is 2.43. The molecule has 1 saturated heterocycles. The monoisotopic (exact) mass is 253 g/mol. The first-order valence-electron chi connectivity index (χ1n) is 5.74. The molecule has 0 spiro atoms. The van der Waals surface area contributed by atoms with Gasteiger partial charge in [0.25, 0.3) is 0 Å². The fourth-order valence-electron chi connectivity index (χ4n) is 2.07. The van der Waals surface area contributed by atoms with Crippen LogP contribution in [0.15, 0.2) is 24.3 Å². The van der Waals surface area contributed by atoms with E-state index < -0.39 is 0 Å². The Labute approximate surface area is 105 Å². The summed E-state index contributed by atoms with van der Waals surface area (Å²) in [5, 5.41) is -0.112. The summed E-state index contributed by atoms with van der Waals surface area (Å²) >= 11 is 1.58. The molecule has 4 heteroatoms. The molecule has 0 saturated carbocycles. The Kier molecular flexibility index (Phi) is 3.43. The Balaban J connectivity index is 2.34. The van der Waals surface area contributed by atoms with Crippen molar-refractivity contribution in [3.8, 4) is 0 Å². The van der Waals surface area contributed by atoms with E-state index in [1.54, 1.807) is 17.8 Å². The summed E-state index contributed by atoms with van der Waals surface area (Å²) in [4.78, 5) is 13.9. The molecule has 0 radical (unpaired) electrons. The molecule has 17 heavy (non-hydrogen) atoms. The number of rotatable bonds is 2. The van der Waals surface area contributed by atoms with E-state index in [2.05, 4.69) is 0 Å². The predicted octanol–water partition coefficient (Wildman–Crippen LogP) is 3.20. The second kappa shape index (κ2) is 4.69. The molecular formula is C13H16FNOS. The Morgan fingerprint density at radius 3 is 2.71 bits per heavy atom. The first-order valence-corrected chi connectivity index (χ1v) is 6.68. The fraction of sp³-hybridized carbons (Fsp3) is 0.462. The van der Waals surface area contributed by atoms with Gasteiger partial charge in [-0.1, -0.05) is 12.1 Å². The third-order valence-electron chi connectivity index (χ3n) is 2.88. The molecule has 1 fully saturated rings. The molecule has 1 aromatic rings. The minimum Gasteiger partial charge on any atom is -0.323 e. The van der Waals surface area contributed by atoms with Crippen molar-refractivity contribution in [2.24, 2.45) is 0 Å². The van der Waals surface area contributed by atoms with Crippen molar-refractivity contribution < 1.29 is 9.18 Å². The normalized spacial score (nSPS) is 24.8. The summed E-state index contributed by atoms with van der Waals surface area (Å²) in [5.74, 6) is -0.113. The van der Waals surface area contributed by atoms with Gasteiger partial charge in [0.15, 0.2) is 0 Å². The van der Waals surface area contributed by atoms with Gasteiger partial charge in [0, 0.05) is 6.04 Å². The summed E-state index contributed by atoms with van der Waals surface area (Å²) in [7, 11) is 0. The standard InChI is InChI=1S/C13H16FNOS/c1-8(2)15-12(16)9(3)17-13(15)10-5-4-6-11(14)7-10/h4-9,13H,1-3H3/t9-,13-/m1/s1. The van der Waals surface area contributed by atoms with E-state index in [-0.39, 0.29) is 28.4 Å². The van der Waals surface area contributed by atoms with Crippen molar-refractivity contribution in [1.29, 1.82) is 0 Å². The third-order valence-corrected chi connectivity index (χ3v) is 4.25. The van der Waals surface area contributed by atoms with Gasteiger partial charge in [-0.05, 0) is 38.5 Å². The van der Waals surface area contributed by atoms with E-state index in [0.29, 0.717) is 0 Å². The number of amides is 1. The number of hydrogen-bond donors (Lipinski definition) is 0. The Morgan fingerprint density at radius 1 is 1.41 bits per heavy atom. The van der Waals surface area contributed by atoms with Crippen LogP contribution in [0, 0.1) is 5.82 Å². The molecule has 2 rings (SSSR count). The van der Waals surface area contributed by atoms with Gasteiger partial charge in [-0.2, -0.15) is 0 Å². The van der Waals surface area contributed by atoms with E-state index in [1.807, 2.05) is 31.7 Å². The van der Waals surface area contributed by atoms with Crippen molar-refractivity contribution in [1.82, 2.24) is 4.90 Å². The van der Waals surface area contributed by atoms with E-state index in [1.165, 1.54) is 12.1 Å². The lowest BCUT2D eigenvalue weighted by molar-refractivity contribution is -0.131. The minimum atomic E-state index is -0.251. The first-order chi connectivity index (χ1) is 8.00. The van der Waals surface area contributed by atoms with Crippen LogP contribution < -0.4 is 0 Å². The van der Waals surface area contributed by atoms with Crippen molar-refractivity contribution in [2.75, 3.05) is 0 Å².